The molecule has 3 heterocycles. The Balaban J connectivity index is 1.68. The normalized spacial score (nSPS) is 11.8. The van der Waals surface area contributed by atoms with Gasteiger partial charge in [0.15, 0.2) is 5.82 Å². The van der Waals surface area contributed by atoms with Gasteiger partial charge in [-0.25, -0.2) is 4.98 Å². The van der Waals surface area contributed by atoms with Crippen molar-refractivity contribution < 1.29 is 0 Å². The summed E-state index contributed by atoms with van der Waals surface area (Å²) in [6.45, 7) is 0.731. The van der Waals surface area contributed by atoms with Gasteiger partial charge in [0.2, 0.25) is 0 Å². The summed E-state index contributed by atoms with van der Waals surface area (Å²) in [4.78, 5) is 4.58. The molecular weight excluding hydrogens is 322 g/mol. The predicted molar refractivity (Wildman–Crippen MR) is 101 cm³/mol. The van der Waals surface area contributed by atoms with E-state index in [4.69, 9.17) is 11.0 Å². The quantitative estimate of drug-likeness (QED) is 0.473. The lowest BCUT2D eigenvalue weighted by atomic mass is 10.1. The van der Waals surface area contributed by atoms with E-state index in [0.717, 1.165) is 46.1 Å². The lowest BCUT2D eigenvalue weighted by Gasteiger charge is -2.09. The second-order valence-electron chi connectivity index (χ2n) is 6.44. The summed E-state index contributed by atoms with van der Waals surface area (Å²) in [6, 6.07) is 17.9. The summed E-state index contributed by atoms with van der Waals surface area (Å²) < 4.78 is 4.31. The van der Waals surface area contributed by atoms with Gasteiger partial charge in [0, 0.05) is 36.4 Å². The molecule has 26 heavy (non-hydrogen) atoms. The highest BCUT2D eigenvalue weighted by molar-refractivity contribution is 5.72. The minimum Gasteiger partial charge on any atom is -0.399 e. The number of nitrogen functional groups attached to an aromatic ring is 1. The molecule has 0 amide bonds. The van der Waals surface area contributed by atoms with Crippen molar-refractivity contribution in [3.63, 3.8) is 0 Å². The van der Waals surface area contributed by atoms with E-state index >= 15 is 0 Å². The average molecular weight is 337 g/mol. The van der Waals surface area contributed by atoms with Crippen LogP contribution in [-0.2, 0) is 6.54 Å². The molecule has 4 aromatic rings. The summed E-state index contributed by atoms with van der Waals surface area (Å²) in [5.41, 5.74) is 12.9. The number of rotatable bonds is 1. The Bertz CT molecular complexity index is 1170. The molecule has 0 unspecified atom stereocenters. The molecule has 1 aliphatic rings. The average Bonchev–Trinajstić information content (AvgIpc) is 3.27. The Hall–Kier alpha value is -3.78. The van der Waals surface area contributed by atoms with Crippen molar-refractivity contribution in [3.05, 3.63) is 78.2 Å². The van der Waals surface area contributed by atoms with Gasteiger partial charge in [-0.05, 0) is 47.5 Å². The number of benzene rings is 2. The van der Waals surface area contributed by atoms with E-state index in [9.17, 15) is 0 Å². The van der Waals surface area contributed by atoms with Crippen LogP contribution in [0.5, 0.6) is 0 Å². The van der Waals surface area contributed by atoms with Crippen molar-refractivity contribution in [1.29, 1.82) is 5.26 Å². The molecule has 0 aliphatic carbocycles. The highest BCUT2D eigenvalue weighted by Crippen LogP contribution is 2.34. The second-order valence-corrected chi connectivity index (χ2v) is 6.44. The number of hydrogen-bond donors (Lipinski definition) is 1. The maximum atomic E-state index is 8.99. The third kappa shape index (κ3) is 2.13. The van der Waals surface area contributed by atoms with Gasteiger partial charge in [-0.3, -0.25) is 4.57 Å². The van der Waals surface area contributed by atoms with E-state index in [-0.39, 0.29) is 0 Å². The van der Waals surface area contributed by atoms with Gasteiger partial charge in [0.1, 0.15) is 0 Å². The van der Waals surface area contributed by atoms with Crippen LogP contribution in [0.25, 0.3) is 28.3 Å². The van der Waals surface area contributed by atoms with E-state index in [1.54, 1.807) is 0 Å². The van der Waals surface area contributed by atoms with Crippen LogP contribution in [0.3, 0.4) is 0 Å². The monoisotopic (exact) mass is 337 g/mol. The second kappa shape index (κ2) is 5.36. The first-order valence-corrected chi connectivity index (χ1v) is 8.36. The van der Waals surface area contributed by atoms with Crippen LogP contribution in [0, 0.1) is 11.3 Å². The van der Waals surface area contributed by atoms with E-state index < -0.39 is 0 Å². The third-order valence-electron chi connectivity index (χ3n) is 4.82. The number of nitrogens with zero attached hydrogens (tertiary/aromatic N) is 4. The highest BCUT2D eigenvalue weighted by atomic mass is 15.1. The van der Waals surface area contributed by atoms with Crippen LogP contribution in [0.2, 0.25) is 0 Å². The number of aromatic nitrogens is 3. The van der Waals surface area contributed by atoms with E-state index in [1.807, 2.05) is 54.9 Å². The predicted octanol–water partition coefficient (Wildman–Crippen LogP) is 3.82. The third-order valence-corrected chi connectivity index (χ3v) is 4.82. The van der Waals surface area contributed by atoms with E-state index in [1.165, 1.54) is 0 Å². The number of nitriles is 1. The van der Waals surface area contributed by atoms with Crippen molar-refractivity contribution in [2.75, 3.05) is 5.73 Å². The first-order chi connectivity index (χ1) is 12.7. The molecule has 2 aromatic carbocycles. The standard InChI is InChI=1S/C21H15N5/c22-11-14-1-3-15(4-2-14)16-10-20-21-24-7-8-26(21)19-6-5-18(23)9-17(19)13-25(20)12-16/h1-10,12H,13,23H2. The molecule has 0 atom stereocenters. The number of hydrogen-bond acceptors (Lipinski definition) is 3. The van der Waals surface area contributed by atoms with Crippen LogP contribution < -0.4 is 5.73 Å². The van der Waals surface area contributed by atoms with Gasteiger partial charge in [-0.15, -0.1) is 0 Å². The van der Waals surface area contributed by atoms with Crippen molar-refractivity contribution in [2.45, 2.75) is 6.54 Å². The molecule has 5 rings (SSSR count). The van der Waals surface area contributed by atoms with Gasteiger partial charge in [0.25, 0.3) is 0 Å². The first-order valence-electron chi connectivity index (χ1n) is 8.36. The van der Waals surface area contributed by atoms with Crippen LogP contribution in [0.15, 0.2) is 67.1 Å². The topological polar surface area (TPSA) is 72.6 Å². The maximum absolute atomic E-state index is 8.99. The van der Waals surface area contributed by atoms with Crippen LogP contribution in [0.1, 0.15) is 11.1 Å². The van der Waals surface area contributed by atoms with Gasteiger partial charge in [0.05, 0.1) is 23.0 Å². The highest BCUT2D eigenvalue weighted by Gasteiger charge is 2.21. The number of fused-ring (bicyclic) bond motifs is 5. The summed E-state index contributed by atoms with van der Waals surface area (Å²) in [5.74, 6) is 0.911. The van der Waals surface area contributed by atoms with Gasteiger partial charge < -0.3 is 10.3 Å². The van der Waals surface area contributed by atoms with Crippen molar-refractivity contribution in [3.8, 4) is 34.4 Å². The molecule has 0 saturated heterocycles. The summed E-state index contributed by atoms with van der Waals surface area (Å²) in [5, 5.41) is 8.99. The smallest absolute Gasteiger partial charge is 0.161 e. The zero-order valence-electron chi connectivity index (χ0n) is 13.9. The minimum absolute atomic E-state index is 0.662. The molecule has 0 bridgehead atoms. The number of anilines is 1. The number of nitrogens with two attached hydrogens (primary N) is 1. The van der Waals surface area contributed by atoms with Crippen LogP contribution in [0.4, 0.5) is 5.69 Å². The Kier molecular flexibility index (Phi) is 3.00. The lowest BCUT2D eigenvalue weighted by molar-refractivity contribution is 0.819. The fourth-order valence-corrected chi connectivity index (χ4v) is 3.56. The van der Waals surface area contributed by atoms with E-state index in [2.05, 4.69) is 32.5 Å². The molecule has 0 radical (unpaired) electrons. The molecule has 2 aromatic heterocycles. The molecule has 124 valence electrons. The molecule has 0 spiro atoms. The fraction of sp³-hybridized carbons (Fsp3) is 0.0476. The largest absolute Gasteiger partial charge is 0.399 e. The number of imidazole rings is 1. The molecule has 0 fully saturated rings. The molecule has 5 nitrogen and oxygen atoms in total. The summed E-state index contributed by atoms with van der Waals surface area (Å²) in [6.07, 6.45) is 5.93. The Morgan fingerprint density at radius 1 is 1.04 bits per heavy atom. The Morgan fingerprint density at radius 2 is 1.88 bits per heavy atom. The van der Waals surface area contributed by atoms with Gasteiger partial charge in [-0.2, -0.15) is 5.26 Å². The summed E-state index contributed by atoms with van der Waals surface area (Å²) >= 11 is 0. The fourth-order valence-electron chi connectivity index (χ4n) is 3.56. The van der Waals surface area contributed by atoms with E-state index in [0.29, 0.717) is 5.56 Å². The summed E-state index contributed by atoms with van der Waals surface area (Å²) in [7, 11) is 0. The molecule has 1 aliphatic heterocycles. The zero-order valence-corrected chi connectivity index (χ0v) is 13.9. The minimum atomic E-state index is 0.662. The first kappa shape index (κ1) is 14.6. The maximum Gasteiger partial charge on any atom is 0.161 e. The molecular formula is C21H15N5. The molecule has 0 saturated carbocycles. The van der Waals surface area contributed by atoms with Crippen molar-refractivity contribution >= 4 is 5.69 Å². The zero-order chi connectivity index (χ0) is 17.7. The Morgan fingerprint density at radius 3 is 2.69 bits per heavy atom. The van der Waals surface area contributed by atoms with Crippen molar-refractivity contribution in [2.24, 2.45) is 0 Å². The lowest BCUT2D eigenvalue weighted by Crippen LogP contribution is -2.01. The molecule has 5 heteroatoms. The van der Waals surface area contributed by atoms with Crippen LogP contribution in [-0.4, -0.2) is 14.1 Å². The van der Waals surface area contributed by atoms with Gasteiger partial charge >= 0.3 is 0 Å². The Labute approximate surface area is 150 Å². The van der Waals surface area contributed by atoms with Crippen molar-refractivity contribution in [1.82, 2.24) is 14.1 Å². The SMILES string of the molecule is N#Cc1ccc(-c2cc3n(c2)Cc2cc(N)ccc2-n2ccnc2-3)cc1. The van der Waals surface area contributed by atoms with Crippen LogP contribution >= 0.6 is 0 Å². The van der Waals surface area contributed by atoms with Gasteiger partial charge in [-0.1, -0.05) is 12.1 Å². The molecule has 2 N–H and O–H groups in total.